The van der Waals surface area contributed by atoms with Crippen molar-refractivity contribution in [3.8, 4) is 0 Å². The first kappa shape index (κ1) is 16.7. The zero-order valence-corrected chi connectivity index (χ0v) is 6.99. The van der Waals surface area contributed by atoms with Gasteiger partial charge in [-0.05, 0) is 0 Å². The van der Waals surface area contributed by atoms with Crippen LogP contribution in [-0.2, 0) is 17.4 Å². The van der Waals surface area contributed by atoms with E-state index in [4.69, 9.17) is 21.0 Å². The van der Waals surface area contributed by atoms with Crippen LogP contribution < -0.4 is 0 Å². The zero-order chi connectivity index (χ0) is 8.41. The van der Waals surface area contributed by atoms with Crippen LogP contribution in [0.15, 0.2) is 24.3 Å². The topological polar surface area (TPSA) is 78.7 Å². The van der Waals surface area contributed by atoms with Gasteiger partial charge in [0, 0.05) is 0 Å². The van der Waals surface area contributed by atoms with Crippen LogP contribution in [0.1, 0.15) is 0 Å². The number of rotatable bonds is 0. The van der Waals surface area contributed by atoms with Gasteiger partial charge in [-0.2, -0.15) is 0 Å². The van der Waals surface area contributed by atoms with E-state index in [-0.39, 0.29) is 17.4 Å². The SMILES string of the molecule is [CH2-]C1C=CC=C1.[Cr+3].[N-]=O.[N-]=O. The van der Waals surface area contributed by atoms with E-state index in [1.807, 2.05) is 12.2 Å². The number of nitroso groups, excluding NO2 is 2. The van der Waals surface area contributed by atoms with E-state index in [2.05, 4.69) is 19.1 Å². The fourth-order valence-corrected chi connectivity index (χ4v) is 0.478. The fourth-order valence-electron chi connectivity index (χ4n) is 0.478. The van der Waals surface area contributed by atoms with Crippen molar-refractivity contribution in [1.29, 1.82) is 0 Å². The van der Waals surface area contributed by atoms with Gasteiger partial charge in [-0.3, -0.25) is 0 Å². The molecule has 0 bridgehead atoms. The van der Waals surface area contributed by atoms with Crippen molar-refractivity contribution in [2.75, 3.05) is 0 Å². The Bertz CT molecular complexity index is 114. The van der Waals surface area contributed by atoms with Gasteiger partial charge in [0.05, 0.1) is 0 Å². The number of allylic oxidation sites excluding steroid dienone is 4. The van der Waals surface area contributed by atoms with Crippen LogP contribution in [0.2, 0.25) is 0 Å². The monoisotopic (exact) mass is 191 g/mol. The van der Waals surface area contributed by atoms with Gasteiger partial charge in [0.1, 0.15) is 0 Å². The summed E-state index contributed by atoms with van der Waals surface area (Å²) in [4.78, 5) is 14.5. The quantitative estimate of drug-likeness (QED) is 0.550. The summed E-state index contributed by atoms with van der Waals surface area (Å²) >= 11 is 0. The molecule has 1 aliphatic rings. The Morgan fingerprint density at radius 3 is 1.36 bits per heavy atom. The van der Waals surface area contributed by atoms with Gasteiger partial charge < -0.3 is 27.9 Å². The summed E-state index contributed by atoms with van der Waals surface area (Å²) in [6.07, 6.45) is 8.13. The molecule has 0 heterocycles. The summed E-state index contributed by atoms with van der Waals surface area (Å²) in [5.41, 5.74) is 11.5. The zero-order valence-electron chi connectivity index (χ0n) is 5.71. The third-order valence-electron chi connectivity index (χ3n) is 0.828. The number of nitrogens with zero attached hydrogens (tertiary/aromatic N) is 2. The molecule has 0 unspecified atom stereocenters. The second-order valence-corrected chi connectivity index (χ2v) is 1.43. The second kappa shape index (κ2) is 16.1. The smallest absolute Gasteiger partial charge is 0.577 e. The standard InChI is InChI=1S/C6H7.Cr.2NO/c1-6-4-2-3-5-6;;2*1-2/h2-6H,1H2;;;/q-1;+3;2*-1. The summed E-state index contributed by atoms with van der Waals surface area (Å²) in [7, 11) is 0. The minimum absolute atomic E-state index is 0. The molecule has 1 rings (SSSR count). The van der Waals surface area contributed by atoms with Crippen LogP contribution in [0.5, 0.6) is 0 Å². The molecule has 11 heavy (non-hydrogen) atoms. The van der Waals surface area contributed by atoms with Crippen molar-refractivity contribution in [1.82, 2.24) is 0 Å². The summed E-state index contributed by atoms with van der Waals surface area (Å²) in [5, 5.41) is 0. The minimum atomic E-state index is 0. The van der Waals surface area contributed by atoms with Crippen molar-refractivity contribution in [2.45, 2.75) is 0 Å². The second-order valence-electron chi connectivity index (χ2n) is 1.43. The molecular formula is C6H7CrN2O2. The van der Waals surface area contributed by atoms with Gasteiger partial charge in [0.2, 0.25) is 0 Å². The van der Waals surface area contributed by atoms with Crippen molar-refractivity contribution in [2.24, 2.45) is 5.92 Å². The maximum absolute atomic E-state index is 7.25. The van der Waals surface area contributed by atoms with Crippen molar-refractivity contribution >= 4 is 0 Å². The van der Waals surface area contributed by atoms with Crippen LogP contribution in [0, 0.1) is 22.7 Å². The van der Waals surface area contributed by atoms with Gasteiger partial charge in [-0.1, -0.05) is 12.2 Å². The molecule has 0 saturated heterocycles. The summed E-state index contributed by atoms with van der Waals surface area (Å²) < 4.78 is 0. The number of hydrogen-bond acceptors (Lipinski definition) is 2. The van der Waals surface area contributed by atoms with E-state index < -0.39 is 0 Å². The largest absolute Gasteiger partial charge is 3.00 e. The fraction of sp³-hybridized carbons (Fsp3) is 0.167. The Labute approximate surface area is 76.0 Å². The van der Waals surface area contributed by atoms with Crippen LogP contribution in [0.4, 0.5) is 0 Å². The van der Waals surface area contributed by atoms with Crippen LogP contribution >= 0.6 is 0 Å². The van der Waals surface area contributed by atoms with Crippen LogP contribution in [-0.4, -0.2) is 0 Å². The van der Waals surface area contributed by atoms with Crippen LogP contribution in [0.3, 0.4) is 0 Å². The van der Waals surface area contributed by atoms with E-state index in [0.29, 0.717) is 5.92 Å². The first-order chi connectivity index (χ1) is 4.89. The summed E-state index contributed by atoms with van der Waals surface area (Å²) in [6, 6.07) is 0. The molecule has 1 radical (unpaired) electrons. The molecule has 0 saturated carbocycles. The molecule has 0 aliphatic heterocycles. The van der Waals surface area contributed by atoms with Crippen molar-refractivity contribution in [3.05, 3.63) is 52.2 Å². The molecule has 0 aromatic rings. The molecule has 0 aromatic carbocycles. The Morgan fingerprint density at radius 2 is 1.27 bits per heavy atom. The third-order valence-corrected chi connectivity index (χ3v) is 0.828. The van der Waals surface area contributed by atoms with E-state index in [1.54, 1.807) is 0 Å². The van der Waals surface area contributed by atoms with E-state index in [1.165, 1.54) is 0 Å². The van der Waals surface area contributed by atoms with E-state index in [0.717, 1.165) is 0 Å². The average molecular weight is 191 g/mol. The summed E-state index contributed by atoms with van der Waals surface area (Å²) in [6.45, 7) is 3.76. The number of hydrogen-bond donors (Lipinski definition) is 0. The average Bonchev–Trinajstić information content (AvgIpc) is 2.48. The Balaban J connectivity index is -0.000000114. The Hall–Kier alpha value is -0.788. The molecule has 0 N–H and O–H groups in total. The van der Waals surface area contributed by atoms with Gasteiger partial charge in [0.25, 0.3) is 0 Å². The Morgan fingerprint density at radius 1 is 1.00 bits per heavy atom. The van der Waals surface area contributed by atoms with Crippen LogP contribution in [0.25, 0.3) is 11.2 Å². The van der Waals surface area contributed by atoms with Gasteiger partial charge in [0.15, 0.2) is 0 Å². The molecule has 0 atom stereocenters. The van der Waals surface area contributed by atoms with E-state index >= 15 is 0 Å². The Kier molecular flexibility index (Phi) is 24.4. The molecular weight excluding hydrogens is 184 g/mol. The van der Waals surface area contributed by atoms with Crippen molar-refractivity contribution in [3.63, 3.8) is 0 Å². The van der Waals surface area contributed by atoms with Crippen molar-refractivity contribution < 1.29 is 17.4 Å². The predicted octanol–water partition coefficient (Wildman–Crippen LogP) is 2.20. The normalized spacial score (nSPS) is 11.7. The first-order valence-electron chi connectivity index (χ1n) is 2.44. The molecule has 59 valence electrons. The van der Waals surface area contributed by atoms with Gasteiger partial charge >= 0.3 is 17.4 Å². The molecule has 0 fully saturated rings. The molecule has 0 amide bonds. The predicted molar refractivity (Wildman–Crippen MR) is 40.6 cm³/mol. The minimum Gasteiger partial charge on any atom is -0.577 e. The van der Waals surface area contributed by atoms with E-state index in [9.17, 15) is 0 Å². The molecule has 0 spiro atoms. The molecule has 4 nitrogen and oxygen atoms in total. The van der Waals surface area contributed by atoms with Gasteiger partial charge in [-0.25, -0.2) is 0 Å². The first-order valence-corrected chi connectivity index (χ1v) is 2.44. The molecule has 1 aliphatic carbocycles. The molecule has 5 heteroatoms. The maximum atomic E-state index is 7.25. The maximum Gasteiger partial charge on any atom is 3.00 e. The third kappa shape index (κ3) is 12.4. The molecule has 0 aromatic heterocycles. The van der Waals surface area contributed by atoms with Gasteiger partial charge in [-0.15, -0.1) is 18.1 Å². The summed E-state index contributed by atoms with van der Waals surface area (Å²) in [5.74, 6) is 0.435.